The van der Waals surface area contributed by atoms with Gasteiger partial charge in [-0.1, -0.05) is 39.0 Å². The maximum absolute atomic E-state index is 10.9. The molecular weight excluding hydrogens is 318 g/mol. The first-order valence-corrected chi connectivity index (χ1v) is 10.7. The van der Waals surface area contributed by atoms with Crippen molar-refractivity contribution >= 4 is 10.8 Å². The van der Waals surface area contributed by atoms with Gasteiger partial charge in [0.25, 0.3) is 0 Å². The fourth-order valence-electron chi connectivity index (χ4n) is 4.55. The molecule has 26 heavy (non-hydrogen) atoms. The van der Waals surface area contributed by atoms with Crippen molar-refractivity contribution in [3.05, 3.63) is 46.5 Å². The highest BCUT2D eigenvalue weighted by atomic mass is 16.3. The van der Waals surface area contributed by atoms with Gasteiger partial charge in [0, 0.05) is 6.54 Å². The van der Waals surface area contributed by atoms with Crippen molar-refractivity contribution in [3.8, 4) is 0 Å². The van der Waals surface area contributed by atoms with Gasteiger partial charge in [-0.05, 0) is 97.1 Å². The first-order valence-electron chi connectivity index (χ1n) is 10.7. The zero-order chi connectivity index (χ0) is 18.5. The van der Waals surface area contributed by atoms with Crippen LogP contribution in [0.2, 0.25) is 0 Å². The molecule has 1 unspecified atom stereocenters. The standard InChI is InChI=1S/C24H35NO/c1-4-13-25(14-5-2)17-24(26)20-11-12-22-21-10-8-7-9-19(21)15-18(6-3)23(22)16-20/h11-12,15-16,24,26H,4-10,13-14,17H2,1-3H3. The topological polar surface area (TPSA) is 23.5 Å². The number of benzene rings is 2. The summed E-state index contributed by atoms with van der Waals surface area (Å²) in [6, 6.07) is 9.15. The summed E-state index contributed by atoms with van der Waals surface area (Å²) in [6.07, 6.45) is 7.99. The summed E-state index contributed by atoms with van der Waals surface area (Å²) < 4.78 is 0. The largest absolute Gasteiger partial charge is 0.387 e. The maximum atomic E-state index is 10.9. The van der Waals surface area contributed by atoms with Gasteiger partial charge >= 0.3 is 0 Å². The van der Waals surface area contributed by atoms with E-state index in [2.05, 4.69) is 49.9 Å². The fourth-order valence-corrected chi connectivity index (χ4v) is 4.55. The van der Waals surface area contributed by atoms with Crippen LogP contribution in [0.15, 0.2) is 24.3 Å². The van der Waals surface area contributed by atoms with E-state index in [1.165, 1.54) is 42.0 Å². The van der Waals surface area contributed by atoms with E-state index < -0.39 is 6.10 Å². The van der Waals surface area contributed by atoms with Crippen LogP contribution in [0.1, 0.15) is 74.8 Å². The predicted molar refractivity (Wildman–Crippen MR) is 112 cm³/mol. The number of aliphatic hydroxyl groups excluding tert-OH is 1. The molecule has 0 amide bonds. The Balaban J connectivity index is 1.93. The van der Waals surface area contributed by atoms with Crippen LogP contribution in [-0.4, -0.2) is 29.6 Å². The molecule has 0 saturated carbocycles. The van der Waals surface area contributed by atoms with E-state index in [4.69, 9.17) is 0 Å². The normalized spacial score (nSPS) is 15.4. The lowest BCUT2D eigenvalue weighted by Gasteiger charge is -2.25. The molecule has 3 rings (SSSR count). The van der Waals surface area contributed by atoms with Crippen LogP contribution in [-0.2, 0) is 19.3 Å². The third-order valence-corrected chi connectivity index (χ3v) is 5.85. The Labute approximate surface area is 159 Å². The summed E-state index contributed by atoms with van der Waals surface area (Å²) >= 11 is 0. The molecule has 1 atom stereocenters. The quantitative estimate of drug-likeness (QED) is 0.683. The minimum atomic E-state index is -0.404. The zero-order valence-corrected chi connectivity index (χ0v) is 16.9. The lowest BCUT2D eigenvalue weighted by molar-refractivity contribution is 0.113. The molecule has 0 spiro atoms. The molecule has 2 heteroatoms. The van der Waals surface area contributed by atoms with Crippen LogP contribution in [0, 0.1) is 0 Å². The smallest absolute Gasteiger partial charge is 0.0917 e. The molecule has 0 fully saturated rings. The van der Waals surface area contributed by atoms with Crippen molar-refractivity contribution in [2.75, 3.05) is 19.6 Å². The van der Waals surface area contributed by atoms with Gasteiger partial charge in [0.2, 0.25) is 0 Å². The van der Waals surface area contributed by atoms with Crippen molar-refractivity contribution in [2.24, 2.45) is 0 Å². The summed E-state index contributed by atoms with van der Waals surface area (Å²) in [5, 5.41) is 13.7. The van der Waals surface area contributed by atoms with Crippen LogP contribution >= 0.6 is 0 Å². The molecule has 2 aromatic rings. The Morgan fingerprint density at radius 1 is 0.962 bits per heavy atom. The third-order valence-electron chi connectivity index (χ3n) is 5.85. The Bertz CT molecular complexity index is 731. The van der Waals surface area contributed by atoms with Crippen molar-refractivity contribution in [1.82, 2.24) is 4.90 Å². The molecule has 0 heterocycles. The Morgan fingerprint density at radius 2 is 1.69 bits per heavy atom. The lowest BCUT2D eigenvalue weighted by Crippen LogP contribution is -2.30. The van der Waals surface area contributed by atoms with Crippen molar-refractivity contribution < 1.29 is 5.11 Å². The SMILES string of the molecule is CCCN(CCC)CC(O)c1ccc2c3c(cc(CC)c2c1)CCCC3. The van der Waals surface area contributed by atoms with E-state index in [0.29, 0.717) is 0 Å². The molecule has 0 bridgehead atoms. The van der Waals surface area contributed by atoms with Crippen LogP contribution in [0.3, 0.4) is 0 Å². The monoisotopic (exact) mass is 353 g/mol. The summed E-state index contributed by atoms with van der Waals surface area (Å²) in [6.45, 7) is 9.53. The van der Waals surface area contributed by atoms with Gasteiger partial charge < -0.3 is 10.0 Å². The Hall–Kier alpha value is -1.38. The molecule has 1 aliphatic rings. The Kier molecular flexibility index (Phi) is 6.72. The highest BCUT2D eigenvalue weighted by Crippen LogP contribution is 2.33. The minimum Gasteiger partial charge on any atom is -0.387 e. The number of aliphatic hydroxyl groups is 1. The van der Waals surface area contributed by atoms with E-state index >= 15 is 0 Å². The van der Waals surface area contributed by atoms with E-state index in [9.17, 15) is 5.11 Å². The fraction of sp³-hybridized carbons (Fsp3) is 0.583. The lowest BCUT2D eigenvalue weighted by atomic mass is 9.84. The molecule has 0 saturated heterocycles. The first-order chi connectivity index (χ1) is 12.7. The molecule has 0 aromatic heterocycles. The number of hydrogen-bond donors (Lipinski definition) is 1. The third kappa shape index (κ3) is 4.13. The number of nitrogens with zero attached hydrogens (tertiary/aromatic N) is 1. The van der Waals surface area contributed by atoms with Gasteiger partial charge in [-0.3, -0.25) is 0 Å². The molecule has 0 aliphatic heterocycles. The van der Waals surface area contributed by atoms with E-state index in [1.54, 1.807) is 11.1 Å². The minimum absolute atomic E-state index is 0.404. The molecule has 1 aliphatic carbocycles. The van der Waals surface area contributed by atoms with Gasteiger partial charge in [-0.15, -0.1) is 0 Å². The second kappa shape index (κ2) is 9.01. The number of fused-ring (bicyclic) bond motifs is 3. The molecule has 2 aromatic carbocycles. The van der Waals surface area contributed by atoms with Gasteiger partial charge in [0.1, 0.15) is 0 Å². The average molecular weight is 354 g/mol. The van der Waals surface area contributed by atoms with Crippen LogP contribution < -0.4 is 0 Å². The van der Waals surface area contributed by atoms with Gasteiger partial charge in [0.15, 0.2) is 0 Å². The summed E-state index contributed by atoms with van der Waals surface area (Å²) in [5.74, 6) is 0. The van der Waals surface area contributed by atoms with E-state index in [1.807, 2.05) is 0 Å². The number of rotatable bonds is 8. The maximum Gasteiger partial charge on any atom is 0.0917 e. The summed E-state index contributed by atoms with van der Waals surface area (Å²) in [4.78, 5) is 2.39. The predicted octanol–water partition coefficient (Wildman–Crippen LogP) is 5.44. The second-order valence-electron chi connectivity index (χ2n) is 7.86. The summed E-state index contributed by atoms with van der Waals surface area (Å²) in [5.41, 5.74) is 5.63. The highest BCUT2D eigenvalue weighted by Gasteiger charge is 2.18. The molecule has 142 valence electrons. The highest BCUT2D eigenvalue weighted by molar-refractivity contribution is 5.90. The Morgan fingerprint density at radius 3 is 2.38 bits per heavy atom. The molecule has 2 nitrogen and oxygen atoms in total. The van der Waals surface area contributed by atoms with Gasteiger partial charge in [-0.25, -0.2) is 0 Å². The van der Waals surface area contributed by atoms with Crippen LogP contribution in [0.4, 0.5) is 0 Å². The van der Waals surface area contributed by atoms with Crippen molar-refractivity contribution in [1.29, 1.82) is 0 Å². The van der Waals surface area contributed by atoms with Gasteiger partial charge in [-0.2, -0.15) is 0 Å². The van der Waals surface area contributed by atoms with E-state index in [0.717, 1.165) is 44.5 Å². The zero-order valence-electron chi connectivity index (χ0n) is 16.9. The first kappa shape index (κ1) is 19.4. The van der Waals surface area contributed by atoms with E-state index in [-0.39, 0.29) is 0 Å². The van der Waals surface area contributed by atoms with Crippen LogP contribution in [0.25, 0.3) is 10.8 Å². The number of aryl methyl sites for hydroxylation is 3. The van der Waals surface area contributed by atoms with Gasteiger partial charge in [0.05, 0.1) is 6.10 Å². The average Bonchev–Trinajstić information content (AvgIpc) is 2.67. The number of hydrogen-bond acceptors (Lipinski definition) is 2. The second-order valence-corrected chi connectivity index (χ2v) is 7.86. The van der Waals surface area contributed by atoms with Crippen molar-refractivity contribution in [2.45, 2.75) is 71.8 Å². The molecular formula is C24H35NO. The van der Waals surface area contributed by atoms with Crippen molar-refractivity contribution in [3.63, 3.8) is 0 Å². The molecule has 0 radical (unpaired) electrons. The molecule has 1 N–H and O–H groups in total. The van der Waals surface area contributed by atoms with Crippen LogP contribution in [0.5, 0.6) is 0 Å². The summed E-state index contributed by atoms with van der Waals surface area (Å²) in [7, 11) is 0.